The highest BCUT2D eigenvalue weighted by Crippen LogP contribution is 2.22. The molecule has 4 nitrogen and oxygen atoms in total. The third-order valence-corrected chi connectivity index (χ3v) is 1.48. The molecule has 0 bridgehead atoms. The molecule has 0 aromatic rings. The van der Waals surface area contributed by atoms with Crippen LogP contribution >= 0.6 is 0 Å². The number of hydrogen-bond acceptors (Lipinski definition) is 3. The van der Waals surface area contributed by atoms with Crippen molar-refractivity contribution in [2.75, 3.05) is 6.61 Å². The molecule has 0 radical (unpaired) electrons. The molecule has 0 unspecified atom stereocenters. The van der Waals surface area contributed by atoms with Gasteiger partial charge in [-0.3, -0.25) is 0 Å². The molecule has 1 N–H and O–H groups in total. The van der Waals surface area contributed by atoms with Gasteiger partial charge in [0.1, 0.15) is 6.10 Å². The van der Waals surface area contributed by atoms with Crippen LogP contribution in [0.3, 0.4) is 0 Å². The van der Waals surface area contributed by atoms with E-state index in [1.165, 1.54) is 6.08 Å². The highest BCUT2D eigenvalue weighted by molar-refractivity contribution is 5.79. The van der Waals surface area contributed by atoms with Crippen molar-refractivity contribution < 1.29 is 19.4 Å². The lowest BCUT2D eigenvalue weighted by molar-refractivity contribution is -0.134. The first kappa shape index (κ1) is 9.22. The van der Waals surface area contributed by atoms with Gasteiger partial charge >= 0.3 is 5.97 Å². The van der Waals surface area contributed by atoms with Gasteiger partial charge in [0.15, 0.2) is 5.79 Å². The molecular formula is C8H12O4. The largest absolute Gasteiger partial charge is 0.478 e. The van der Waals surface area contributed by atoms with Crippen LogP contribution < -0.4 is 0 Å². The van der Waals surface area contributed by atoms with E-state index in [4.69, 9.17) is 14.6 Å². The number of carbonyl (C=O) groups is 1. The van der Waals surface area contributed by atoms with Crippen molar-refractivity contribution in [2.24, 2.45) is 0 Å². The number of hydrogen-bond donors (Lipinski definition) is 1. The summed E-state index contributed by atoms with van der Waals surface area (Å²) in [6.45, 7) is 4.00. The standard InChI is InChI=1S/C8H12O4/c1-8(2)11-5-6(12-8)3-4-7(9)10/h3-4,6H,5H2,1-2H3,(H,9,10)/b4-3-/t6-/m1/s1. The Morgan fingerprint density at radius 3 is 2.75 bits per heavy atom. The van der Waals surface area contributed by atoms with Gasteiger partial charge in [-0.15, -0.1) is 0 Å². The molecule has 1 fully saturated rings. The van der Waals surface area contributed by atoms with E-state index in [0.29, 0.717) is 6.61 Å². The molecule has 0 aliphatic carbocycles. The van der Waals surface area contributed by atoms with Crippen molar-refractivity contribution in [3.05, 3.63) is 12.2 Å². The fourth-order valence-electron chi connectivity index (χ4n) is 1.000. The summed E-state index contributed by atoms with van der Waals surface area (Å²) in [5.41, 5.74) is 0. The molecule has 12 heavy (non-hydrogen) atoms. The van der Waals surface area contributed by atoms with Crippen LogP contribution in [-0.2, 0) is 14.3 Å². The number of ether oxygens (including phenoxy) is 2. The van der Waals surface area contributed by atoms with Crippen molar-refractivity contribution in [1.82, 2.24) is 0 Å². The third kappa shape index (κ3) is 2.64. The number of carboxylic acid groups (broad SMARTS) is 1. The molecule has 0 amide bonds. The maximum atomic E-state index is 10.1. The minimum Gasteiger partial charge on any atom is -0.478 e. The third-order valence-electron chi connectivity index (χ3n) is 1.48. The van der Waals surface area contributed by atoms with Gasteiger partial charge in [-0.1, -0.05) is 0 Å². The van der Waals surface area contributed by atoms with E-state index in [1.807, 2.05) is 0 Å². The Morgan fingerprint density at radius 1 is 1.67 bits per heavy atom. The molecule has 0 spiro atoms. The number of aliphatic carboxylic acids is 1. The Hall–Kier alpha value is -0.870. The zero-order valence-electron chi connectivity index (χ0n) is 7.11. The lowest BCUT2D eigenvalue weighted by atomic mass is 10.3. The summed E-state index contributed by atoms with van der Waals surface area (Å²) in [6.07, 6.45) is 2.31. The summed E-state index contributed by atoms with van der Waals surface area (Å²) in [6, 6.07) is 0. The second kappa shape index (κ2) is 3.25. The van der Waals surface area contributed by atoms with Crippen LogP contribution in [0.1, 0.15) is 13.8 Å². The maximum absolute atomic E-state index is 10.1. The molecular weight excluding hydrogens is 160 g/mol. The Labute approximate surface area is 70.8 Å². The van der Waals surface area contributed by atoms with Crippen LogP contribution in [0.25, 0.3) is 0 Å². The second-order valence-electron chi connectivity index (χ2n) is 3.06. The fourth-order valence-corrected chi connectivity index (χ4v) is 1.000. The summed E-state index contributed by atoms with van der Waals surface area (Å²) >= 11 is 0. The normalized spacial score (nSPS) is 28.0. The zero-order chi connectivity index (χ0) is 9.19. The summed E-state index contributed by atoms with van der Waals surface area (Å²) in [4.78, 5) is 10.1. The first-order chi connectivity index (χ1) is 5.49. The van der Waals surface area contributed by atoms with E-state index in [-0.39, 0.29) is 6.10 Å². The predicted molar refractivity (Wildman–Crippen MR) is 41.7 cm³/mol. The second-order valence-corrected chi connectivity index (χ2v) is 3.06. The van der Waals surface area contributed by atoms with Gasteiger partial charge in [0, 0.05) is 6.08 Å². The Bertz CT molecular complexity index is 207. The molecule has 1 aliphatic rings. The molecule has 1 heterocycles. The van der Waals surface area contributed by atoms with E-state index in [0.717, 1.165) is 6.08 Å². The average molecular weight is 172 g/mol. The van der Waals surface area contributed by atoms with Crippen LogP contribution in [0.5, 0.6) is 0 Å². The van der Waals surface area contributed by atoms with Crippen LogP contribution in [0, 0.1) is 0 Å². The minimum absolute atomic E-state index is 0.240. The van der Waals surface area contributed by atoms with Gasteiger partial charge in [0.05, 0.1) is 6.61 Å². The summed E-state index contributed by atoms with van der Waals surface area (Å²) in [7, 11) is 0. The van der Waals surface area contributed by atoms with E-state index in [9.17, 15) is 4.79 Å². The fraction of sp³-hybridized carbons (Fsp3) is 0.625. The van der Waals surface area contributed by atoms with E-state index >= 15 is 0 Å². The molecule has 1 atom stereocenters. The van der Waals surface area contributed by atoms with Crippen molar-refractivity contribution in [3.63, 3.8) is 0 Å². The molecule has 4 heteroatoms. The van der Waals surface area contributed by atoms with Gasteiger partial charge < -0.3 is 14.6 Å². The van der Waals surface area contributed by atoms with Crippen molar-refractivity contribution in [3.8, 4) is 0 Å². The molecule has 1 saturated heterocycles. The number of carboxylic acids is 1. The van der Waals surface area contributed by atoms with Crippen molar-refractivity contribution in [1.29, 1.82) is 0 Å². The molecule has 0 saturated carbocycles. The highest BCUT2D eigenvalue weighted by atomic mass is 16.7. The Kier molecular flexibility index (Phi) is 2.49. The van der Waals surface area contributed by atoms with Gasteiger partial charge in [-0.25, -0.2) is 4.79 Å². The Balaban J connectivity index is 2.43. The summed E-state index contributed by atoms with van der Waals surface area (Å²) in [5.74, 6) is -1.56. The number of rotatable bonds is 2. The molecule has 1 aliphatic heterocycles. The van der Waals surface area contributed by atoms with E-state index in [2.05, 4.69) is 0 Å². The van der Waals surface area contributed by atoms with Gasteiger partial charge in [0.25, 0.3) is 0 Å². The van der Waals surface area contributed by atoms with Gasteiger partial charge in [-0.2, -0.15) is 0 Å². The lowest BCUT2D eigenvalue weighted by Gasteiger charge is -2.15. The minimum atomic E-state index is -0.969. The van der Waals surface area contributed by atoms with Crippen molar-refractivity contribution >= 4 is 5.97 Å². The topological polar surface area (TPSA) is 55.8 Å². The van der Waals surface area contributed by atoms with Crippen LogP contribution in [0.2, 0.25) is 0 Å². The molecule has 68 valence electrons. The van der Waals surface area contributed by atoms with Crippen molar-refractivity contribution in [2.45, 2.75) is 25.7 Å². The quantitative estimate of drug-likeness (QED) is 0.625. The summed E-state index contributed by atoms with van der Waals surface area (Å²) < 4.78 is 10.5. The van der Waals surface area contributed by atoms with E-state index < -0.39 is 11.8 Å². The monoisotopic (exact) mass is 172 g/mol. The maximum Gasteiger partial charge on any atom is 0.328 e. The first-order valence-corrected chi connectivity index (χ1v) is 3.72. The zero-order valence-corrected chi connectivity index (χ0v) is 7.11. The van der Waals surface area contributed by atoms with Crippen LogP contribution in [0.4, 0.5) is 0 Å². The van der Waals surface area contributed by atoms with Gasteiger partial charge in [0.2, 0.25) is 0 Å². The lowest BCUT2D eigenvalue weighted by Crippen LogP contribution is -2.20. The average Bonchev–Trinajstić information content (AvgIpc) is 2.26. The SMILES string of the molecule is CC1(C)OC[C@@H](/C=C\C(=O)O)O1. The highest BCUT2D eigenvalue weighted by Gasteiger charge is 2.30. The van der Waals surface area contributed by atoms with Crippen LogP contribution in [-0.4, -0.2) is 29.6 Å². The Morgan fingerprint density at radius 2 is 2.33 bits per heavy atom. The summed E-state index contributed by atoms with van der Waals surface area (Å²) in [5, 5.41) is 8.32. The molecule has 0 aromatic carbocycles. The first-order valence-electron chi connectivity index (χ1n) is 3.72. The predicted octanol–water partition coefficient (Wildman–Crippen LogP) is 0.779. The molecule has 1 rings (SSSR count). The van der Waals surface area contributed by atoms with E-state index in [1.54, 1.807) is 13.8 Å². The molecule has 0 aromatic heterocycles. The smallest absolute Gasteiger partial charge is 0.328 e. The van der Waals surface area contributed by atoms with Crippen LogP contribution in [0.15, 0.2) is 12.2 Å². The van der Waals surface area contributed by atoms with Gasteiger partial charge in [-0.05, 0) is 19.9 Å².